The molecule has 2 aliphatic rings. The summed E-state index contributed by atoms with van der Waals surface area (Å²) in [6, 6.07) is 6.53. The molecule has 168 valence electrons. The van der Waals surface area contributed by atoms with E-state index >= 15 is 0 Å². The summed E-state index contributed by atoms with van der Waals surface area (Å²) in [5, 5.41) is 12.2. The first-order chi connectivity index (χ1) is 14.8. The molecule has 2 unspecified atom stereocenters. The Hall–Kier alpha value is -1.87. The van der Waals surface area contributed by atoms with Crippen molar-refractivity contribution < 1.29 is 13.2 Å². The Morgan fingerprint density at radius 2 is 2.03 bits per heavy atom. The lowest BCUT2D eigenvalue weighted by Gasteiger charge is -2.20. The molecule has 2 heterocycles. The summed E-state index contributed by atoms with van der Waals surface area (Å²) in [5.74, 6) is 1.59. The standard InChI is InChI=1S/C22H30N4O3S2/c1-15(18-8-7-17-5-3-4-6-19(17)12-18)23-21(27)13-30-22-25-24-20(26(22)2)11-16-9-10-31(28,29)14-16/h7-8,12,15-16H,3-6,9-11,13-14H2,1-2H3,(H,23,27). The Labute approximate surface area is 188 Å². The van der Waals surface area contributed by atoms with Crippen molar-refractivity contribution in [2.75, 3.05) is 17.3 Å². The fourth-order valence-electron chi connectivity index (χ4n) is 4.46. The number of sulfone groups is 1. The maximum absolute atomic E-state index is 12.5. The Bertz CT molecular complexity index is 1060. The van der Waals surface area contributed by atoms with Crippen LogP contribution in [-0.2, 0) is 40.9 Å². The van der Waals surface area contributed by atoms with Crippen molar-refractivity contribution in [1.29, 1.82) is 0 Å². The van der Waals surface area contributed by atoms with Gasteiger partial charge in [-0.25, -0.2) is 8.42 Å². The number of thioether (sulfide) groups is 1. The van der Waals surface area contributed by atoms with Gasteiger partial charge in [-0.1, -0.05) is 30.0 Å². The van der Waals surface area contributed by atoms with Crippen LogP contribution in [-0.4, -0.2) is 46.3 Å². The van der Waals surface area contributed by atoms with Gasteiger partial charge in [0, 0.05) is 13.5 Å². The molecule has 0 radical (unpaired) electrons. The predicted molar refractivity (Wildman–Crippen MR) is 122 cm³/mol. The van der Waals surface area contributed by atoms with Gasteiger partial charge in [-0.3, -0.25) is 4.79 Å². The molecule has 0 saturated carbocycles. The highest BCUT2D eigenvalue weighted by molar-refractivity contribution is 7.99. The van der Waals surface area contributed by atoms with Crippen LogP contribution in [0.15, 0.2) is 23.4 Å². The number of nitrogens with one attached hydrogen (secondary N) is 1. The molecule has 1 saturated heterocycles. The summed E-state index contributed by atoms with van der Waals surface area (Å²) >= 11 is 1.35. The molecule has 9 heteroatoms. The largest absolute Gasteiger partial charge is 0.349 e. The van der Waals surface area contributed by atoms with Crippen LogP contribution in [0, 0.1) is 5.92 Å². The molecule has 1 amide bonds. The van der Waals surface area contributed by atoms with Crippen molar-refractivity contribution >= 4 is 27.5 Å². The van der Waals surface area contributed by atoms with Gasteiger partial charge in [0.2, 0.25) is 5.91 Å². The summed E-state index contributed by atoms with van der Waals surface area (Å²) in [5.41, 5.74) is 4.00. The molecule has 1 aliphatic carbocycles. The van der Waals surface area contributed by atoms with Gasteiger partial charge in [-0.2, -0.15) is 0 Å². The number of hydrogen-bond acceptors (Lipinski definition) is 6. The van der Waals surface area contributed by atoms with Crippen LogP contribution in [0.1, 0.15) is 54.7 Å². The van der Waals surface area contributed by atoms with Gasteiger partial charge >= 0.3 is 0 Å². The summed E-state index contributed by atoms with van der Waals surface area (Å²) in [6.07, 6.45) is 6.07. The molecular weight excluding hydrogens is 432 g/mol. The molecule has 31 heavy (non-hydrogen) atoms. The molecule has 1 aromatic carbocycles. The van der Waals surface area contributed by atoms with Crippen molar-refractivity contribution in [3.05, 3.63) is 40.7 Å². The number of benzene rings is 1. The minimum Gasteiger partial charge on any atom is -0.349 e. The summed E-state index contributed by atoms with van der Waals surface area (Å²) < 4.78 is 25.2. The third-order valence-electron chi connectivity index (χ3n) is 6.31. The third-order valence-corrected chi connectivity index (χ3v) is 9.16. The first-order valence-corrected chi connectivity index (χ1v) is 13.7. The normalized spacial score (nSPS) is 20.9. The lowest BCUT2D eigenvalue weighted by atomic mass is 9.89. The summed E-state index contributed by atoms with van der Waals surface area (Å²) in [7, 11) is -1.03. The van der Waals surface area contributed by atoms with Crippen LogP contribution in [0.25, 0.3) is 0 Å². The van der Waals surface area contributed by atoms with Gasteiger partial charge in [0.25, 0.3) is 0 Å². The minimum atomic E-state index is -2.90. The Kier molecular flexibility index (Phi) is 6.71. The highest BCUT2D eigenvalue weighted by Gasteiger charge is 2.29. The summed E-state index contributed by atoms with van der Waals surface area (Å²) in [4.78, 5) is 12.5. The first kappa shape index (κ1) is 22.3. The Morgan fingerprint density at radius 1 is 1.26 bits per heavy atom. The van der Waals surface area contributed by atoms with E-state index in [-0.39, 0.29) is 35.1 Å². The van der Waals surface area contributed by atoms with Crippen molar-refractivity contribution in [3.63, 3.8) is 0 Å². The van der Waals surface area contributed by atoms with E-state index in [9.17, 15) is 13.2 Å². The number of fused-ring (bicyclic) bond motifs is 1. The molecule has 2 atom stereocenters. The fraction of sp³-hybridized carbons (Fsp3) is 0.591. The maximum Gasteiger partial charge on any atom is 0.230 e. The van der Waals surface area contributed by atoms with E-state index in [1.54, 1.807) is 0 Å². The molecule has 1 fully saturated rings. The second-order valence-corrected chi connectivity index (χ2v) is 11.9. The average molecular weight is 463 g/mol. The molecule has 7 nitrogen and oxygen atoms in total. The molecular formula is C22H30N4O3S2. The zero-order chi connectivity index (χ0) is 22.0. The number of nitrogens with zero attached hydrogens (tertiary/aromatic N) is 3. The smallest absolute Gasteiger partial charge is 0.230 e. The molecule has 1 N–H and O–H groups in total. The van der Waals surface area contributed by atoms with E-state index in [2.05, 4.69) is 33.7 Å². The van der Waals surface area contributed by atoms with Crippen LogP contribution < -0.4 is 5.32 Å². The van der Waals surface area contributed by atoms with Gasteiger partial charge in [0.05, 0.1) is 23.3 Å². The third kappa shape index (κ3) is 5.49. The van der Waals surface area contributed by atoms with Crippen molar-refractivity contribution in [2.45, 2.75) is 56.6 Å². The quantitative estimate of drug-likeness (QED) is 0.636. The maximum atomic E-state index is 12.5. The first-order valence-electron chi connectivity index (χ1n) is 10.9. The van der Waals surface area contributed by atoms with E-state index in [0.29, 0.717) is 18.0 Å². The SMILES string of the molecule is CC(NC(=O)CSc1nnc(CC2CCS(=O)(=O)C2)n1C)c1ccc2c(c1)CCCC2. The van der Waals surface area contributed by atoms with Gasteiger partial charge < -0.3 is 9.88 Å². The van der Waals surface area contributed by atoms with Crippen LogP contribution in [0.4, 0.5) is 0 Å². The number of rotatable bonds is 7. The lowest BCUT2D eigenvalue weighted by molar-refractivity contribution is -0.119. The van der Waals surface area contributed by atoms with Crippen molar-refractivity contribution in [1.82, 2.24) is 20.1 Å². The number of amides is 1. The van der Waals surface area contributed by atoms with Gasteiger partial charge in [0.15, 0.2) is 15.0 Å². The van der Waals surface area contributed by atoms with Gasteiger partial charge in [-0.15, -0.1) is 10.2 Å². The van der Waals surface area contributed by atoms with Crippen LogP contribution in [0.3, 0.4) is 0 Å². The molecule has 1 aromatic heterocycles. The monoisotopic (exact) mass is 462 g/mol. The highest BCUT2D eigenvalue weighted by atomic mass is 32.2. The average Bonchev–Trinajstić information content (AvgIpc) is 3.27. The van der Waals surface area contributed by atoms with Crippen LogP contribution in [0.5, 0.6) is 0 Å². The molecule has 4 rings (SSSR count). The molecule has 0 bridgehead atoms. The van der Waals surface area contributed by atoms with Crippen LogP contribution >= 0.6 is 11.8 Å². The molecule has 2 aromatic rings. The minimum absolute atomic E-state index is 0.0401. The van der Waals surface area contributed by atoms with Crippen molar-refractivity contribution in [3.8, 4) is 0 Å². The number of hydrogen-bond donors (Lipinski definition) is 1. The van der Waals surface area contributed by atoms with E-state index in [4.69, 9.17) is 0 Å². The molecule has 0 spiro atoms. The second-order valence-electron chi connectivity index (χ2n) is 8.74. The Balaban J connectivity index is 1.29. The number of carbonyl (C=O) groups excluding carboxylic acids is 1. The van der Waals surface area contributed by atoms with E-state index in [1.165, 1.54) is 35.7 Å². The Morgan fingerprint density at radius 3 is 2.77 bits per heavy atom. The van der Waals surface area contributed by atoms with E-state index in [1.807, 2.05) is 18.5 Å². The zero-order valence-electron chi connectivity index (χ0n) is 18.1. The van der Waals surface area contributed by atoms with Crippen molar-refractivity contribution in [2.24, 2.45) is 13.0 Å². The zero-order valence-corrected chi connectivity index (χ0v) is 19.8. The number of carbonyl (C=O) groups is 1. The van der Waals surface area contributed by atoms with Gasteiger partial charge in [-0.05, 0) is 61.6 Å². The number of aromatic nitrogens is 3. The van der Waals surface area contributed by atoms with E-state index in [0.717, 1.165) is 24.2 Å². The van der Waals surface area contributed by atoms with Crippen LogP contribution in [0.2, 0.25) is 0 Å². The topological polar surface area (TPSA) is 94.0 Å². The fourth-order valence-corrected chi connectivity index (χ4v) is 7.06. The van der Waals surface area contributed by atoms with Gasteiger partial charge in [0.1, 0.15) is 5.82 Å². The van der Waals surface area contributed by atoms with E-state index < -0.39 is 9.84 Å². The summed E-state index contributed by atoms with van der Waals surface area (Å²) in [6.45, 7) is 2.02. The highest BCUT2D eigenvalue weighted by Crippen LogP contribution is 2.26. The predicted octanol–water partition coefficient (Wildman–Crippen LogP) is 2.64. The lowest BCUT2D eigenvalue weighted by Crippen LogP contribution is -2.28. The molecule has 1 aliphatic heterocycles. The number of aryl methyl sites for hydroxylation is 2. The second kappa shape index (κ2) is 9.32.